The van der Waals surface area contributed by atoms with Crippen molar-refractivity contribution in [2.75, 3.05) is 6.54 Å². The zero-order valence-electron chi connectivity index (χ0n) is 7.40. The van der Waals surface area contributed by atoms with E-state index in [0.29, 0.717) is 6.54 Å². The number of hydrogen-bond donors (Lipinski definition) is 2. The van der Waals surface area contributed by atoms with E-state index in [1.807, 2.05) is 10.8 Å². The zero-order chi connectivity index (χ0) is 8.97. The SMILES string of the molecule is CC[C@@H](N)c1cncn1CCN. The van der Waals surface area contributed by atoms with Gasteiger partial charge in [-0.05, 0) is 6.42 Å². The maximum atomic E-state index is 5.87. The largest absolute Gasteiger partial charge is 0.332 e. The molecule has 4 heteroatoms. The highest BCUT2D eigenvalue weighted by atomic mass is 15.1. The van der Waals surface area contributed by atoms with E-state index in [1.54, 1.807) is 6.33 Å². The van der Waals surface area contributed by atoms with Crippen LogP contribution in [-0.2, 0) is 6.54 Å². The second-order valence-electron chi connectivity index (χ2n) is 2.82. The lowest BCUT2D eigenvalue weighted by molar-refractivity contribution is 0.594. The fraction of sp³-hybridized carbons (Fsp3) is 0.625. The van der Waals surface area contributed by atoms with Gasteiger partial charge in [-0.3, -0.25) is 0 Å². The van der Waals surface area contributed by atoms with E-state index in [-0.39, 0.29) is 6.04 Å². The summed E-state index contributed by atoms with van der Waals surface area (Å²) >= 11 is 0. The Morgan fingerprint density at radius 2 is 2.42 bits per heavy atom. The predicted octanol–water partition coefficient (Wildman–Crippen LogP) is 0.252. The van der Waals surface area contributed by atoms with Crippen LogP contribution in [0, 0.1) is 0 Å². The third-order valence-electron chi connectivity index (χ3n) is 1.93. The number of hydrogen-bond acceptors (Lipinski definition) is 3. The Bertz CT molecular complexity index is 231. The molecule has 0 bridgehead atoms. The molecule has 0 aliphatic heterocycles. The lowest BCUT2D eigenvalue weighted by Crippen LogP contribution is -2.17. The maximum Gasteiger partial charge on any atom is 0.0949 e. The van der Waals surface area contributed by atoms with Crippen LogP contribution < -0.4 is 11.5 Å². The molecule has 1 aromatic heterocycles. The van der Waals surface area contributed by atoms with Gasteiger partial charge in [-0.25, -0.2) is 4.98 Å². The van der Waals surface area contributed by atoms with E-state index in [1.165, 1.54) is 0 Å². The van der Waals surface area contributed by atoms with Gasteiger partial charge in [0.05, 0.1) is 12.0 Å². The van der Waals surface area contributed by atoms with Crippen LogP contribution >= 0.6 is 0 Å². The van der Waals surface area contributed by atoms with E-state index < -0.39 is 0 Å². The average molecular weight is 168 g/mol. The number of imidazole rings is 1. The molecular weight excluding hydrogens is 152 g/mol. The van der Waals surface area contributed by atoms with Gasteiger partial charge in [0.25, 0.3) is 0 Å². The van der Waals surface area contributed by atoms with Crippen molar-refractivity contribution in [3.05, 3.63) is 18.2 Å². The highest BCUT2D eigenvalue weighted by molar-refractivity contribution is 5.04. The fourth-order valence-corrected chi connectivity index (χ4v) is 1.17. The average Bonchev–Trinajstić information content (AvgIpc) is 2.52. The molecular formula is C8H16N4. The fourth-order valence-electron chi connectivity index (χ4n) is 1.17. The second-order valence-corrected chi connectivity index (χ2v) is 2.82. The third kappa shape index (κ3) is 1.84. The van der Waals surface area contributed by atoms with Crippen molar-refractivity contribution < 1.29 is 0 Å². The Morgan fingerprint density at radius 1 is 1.67 bits per heavy atom. The number of nitrogens with zero attached hydrogens (tertiary/aromatic N) is 2. The number of aromatic nitrogens is 2. The van der Waals surface area contributed by atoms with Gasteiger partial charge in [-0.15, -0.1) is 0 Å². The van der Waals surface area contributed by atoms with Crippen molar-refractivity contribution in [3.8, 4) is 0 Å². The molecule has 0 saturated carbocycles. The van der Waals surface area contributed by atoms with Crippen LogP contribution in [0.15, 0.2) is 12.5 Å². The van der Waals surface area contributed by atoms with E-state index in [4.69, 9.17) is 11.5 Å². The van der Waals surface area contributed by atoms with E-state index in [0.717, 1.165) is 18.7 Å². The highest BCUT2D eigenvalue weighted by Gasteiger charge is 2.07. The summed E-state index contributed by atoms with van der Waals surface area (Å²) in [6.07, 6.45) is 4.51. The Morgan fingerprint density at radius 3 is 3.00 bits per heavy atom. The Labute approximate surface area is 72.6 Å². The Kier molecular flexibility index (Phi) is 3.25. The molecule has 0 unspecified atom stereocenters. The standard InChI is InChI=1S/C8H16N4/c1-2-7(10)8-5-11-6-12(8)4-3-9/h5-7H,2-4,9-10H2,1H3/t7-/m1/s1. The second kappa shape index (κ2) is 4.23. The molecule has 1 heterocycles. The Balaban J connectivity index is 2.76. The van der Waals surface area contributed by atoms with Crippen molar-refractivity contribution in [2.24, 2.45) is 11.5 Å². The minimum Gasteiger partial charge on any atom is -0.332 e. The summed E-state index contributed by atoms with van der Waals surface area (Å²) in [5, 5.41) is 0. The number of rotatable bonds is 4. The molecule has 0 radical (unpaired) electrons. The quantitative estimate of drug-likeness (QED) is 0.677. The highest BCUT2D eigenvalue weighted by Crippen LogP contribution is 2.12. The van der Waals surface area contributed by atoms with Gasteiger partial charge in [0.2, 0.25) is 0 Å². The van der Waals surface area contributed by atoms with Gasteiger partial charge in [-0.2, -0.15) is 0 Å². The van der Waals surface area contributed by atoms with E-state index in [2.05, 4.69) is 11.9 Å². The first-order valence-corrected chi connectivity index (χ1v) is 4.25. The zero-order valence-corrected chi connectivity index (χ0v) is 7.40. The Hall–Kier alpha value is -0.870. The van der Waals surface area contributed by atoms with Gasteiger partial charge in [0, 0.05) is 25.3 Å². The van der Waals surface area contributed by atoms with E-state index in [9.17, 15) is 0 Å². The van der Waals surface area contributed by atoms with Gasteiger partial charge < -0.3 is 16.0 Å². The molecule has 0 aliphatic rings. The van der Waals surface area contributed by atoms with Crippen LogP contribution in [0.1, 0.15) is 25.1 Å². The molecule has 0 fully saturated rings. The molecule has 0 aliphatic carbocycles. The summed E-state index contributed by atoms with van der Waals surface area (Å²) in [5.74, 6) is 0. The summed E-state index contributed by atoms with van der Waals surface area (Å²) in [4.78, 5) is 4.04. The van der Waals surface area contributed by atoms with Gasteiger partial charge >= 0.3 is 0 Å². The first-order valence-electron chi connectivity index (χ1n) is 4.25. The molecule has 1 aromatic rings. The summed E-state index contributed by atoms with van der Waals surface area (Å²) < 4.78 is 2.01. The third-order valence-corrected chi connectivity index (χ3v) is 1.93. The summed E-state index contributed by atoms with van der Waals surface area (Å²) in [6.45, 7) is 3.48. The predicted molar refractivity (Wildman–Crippen MR) is 48.5 cm³/mol. The molecule has 68 valence electrons. The molecule has 0 saturated heterocycles. The summed E-state index contributed by atoms with van der Waals surface area (Å²) in [6, 6.07) is 0.0825. The van der Waals surface area contributed by atoms with Crippen LogP contribution in [0.5, 0.6) is 0 Å². The van der Waals surface area contributed by atoms with Crippen LogP contribution in [0.4, 0.5) is 0 Å². The van der Waals surface area contributed by atoms with Crippen LogP contribution in [0.2, 0.25) is 0 Å². The first-order chi connectivity index (χ1) is 5.79. The van der Waals surface area contributed by atoms with E-state index >= 15 is 0 Å². The minimum absolute atomic E-state index is 0.0825. The minimum atomic E-state index is 0.0825. The summed E-state index contributed by atoms with van der Waals surface area (Å²) in [7, 11) is 0. The van der Waals surface area contributed by atoms with Crippen molar-refractivity contribution in [1.29, 1.82) is 0 Å². The van der Waals surface area contributed by atoms with Crippen molar-refractivity contribution in [1.82, 2.24) is 9.55 Å². The molecule has 4 nitrogen and oxygen atoms in total. The normalized spacial score (nSPS) is 13.2. The smallest absolute Gasteiger partial charge is 0.0949 e. The first kappa shape index (κ1) is 9.22. The lowest BCUT2D eigenvalue weighted by Gasteiger charge is -2.11. The molecule has 1 rings (SSSR count). The molecule has 0 amide bonds. The maximum absolute atomic E-state index is 5.87. The van der Waals surface area contributed by atoms with Crippen LogP contribution in [-0.4, -0.2) is 16.1 Å². The number of nitrogens with two attached hydrogens (primary N) is 2. The molecule has 12 heavy (non-hydrogen) atoms. The summed E-state index contributed by atoms with van der Waals surface area (Å²) in [5.41, 5.74) is 12.4. The monoisotopic (exact) mass is 168 g/mol. The molecule has 4 N–H and O–H groups in total. The lowest BCUT2D eigenvalue weighted by atomic mass is 10.2. The van der Waals surface area contributed by atoms with Gasteiger partial charge in [0.1, 0.15) is 0 Å². The molecule has 0 aromatic carbocycles. The van der Waals surface area contributed by atoms with Gasteiger partial charge in [-0.1, -0.05) is 6.92 Å². The van der Waals surface area contributed by atoms with Crippen molar-refractivity contribution in [3.63, 3.8) is 0 Å². The van der Waals surface area contributed by atoms with Crippen LogP contribution in [0.25, 0.3) is 0 Å². The van der Waals surface area contributed by atoms with Gasteiger partial charge in [0.15, 0.2) is 0 Å². The van der Waals surface area contributed by atoms with Crippen molar-refractivity contribution in [2.45, 2.75) is 25.9 Å². The van der Waals surface area contributed by atoms with Crippen LogP contribution in [0.3, 0.4) is 0 Å². The topological polar surface area (TPSA) is 69.9 Å². The van der Waals surface area contributed by atoms with Crippen molar-refractivity contribution >= 4 is 0 Å². The molecule has 0 spiro atoms. The molecule has 1 atom stereocenters.